The molecule has 4 aromatic rings. The van der Waals surface area contributed by atoms with Gasteiger partial charge in [-0.25, -0.2) is 9.37 Å². The Labute approximate surface area is 221 Å². The second-order valence-electron chi connectivity index (χ2n) is 10.4. The maximum absolute atomic E-state index is 13.6. The van der Waals surface area contributed by atoms with E-state index in [2.05, 4.69) is 18.8 Å². The second-order valence-corrected chi connectivity index (χ2v) is 10.4. The first kappa shape index (κ1) is 25.8. The lowest BCUT2D eigenvalue weighted by Gasteiger charge is -2.26. The lowest BCUT2D eigenvalue weighted by atomic mass is 9.80. The zero-order chi connectivity index (χ0) is 27.1. The van der Waals surface area contributed by atoms with Crippen LogP contribution in [-0.2, 0) is 11.0 Å². The molecule has 0 amide bonds. The molecule has 0 spiro atoms. The number of hydrogen-bond donors (Lipinski definition) is 1. The molecule has 2 aromatic carbocycles. The molecule has 0 radical (unpaired) electrons. The zero-order valence-electron chi connectivity index (χ0n) is 22.0. The minimum atomic E-state index is -1.39. The molecular weight excluding hydrogens is 483 g/mol. The van der Waals surface area contributed by atoms with Gasteiger partial charge in [-0.1, -0.05) is 19.9 Å². The van der Waals surface area contributed by atoms with Gasteiger partial charge in [-0.05, 0) is 68.3 Å². The number of carbonyl (C=O) groups is 1. The van der Waals surface area contributed by atoms with E-state index in [4.69, 9.17) is 14.5 Å². The Balaban J connectivity index is 1.47. The summed E-state index contributed by atoms with van der Waals surface area (Å²) in [5, 5.41) is 12.4. The van der Waals surface area contributed by atoms with Gasteiger partial charge in [0.2, 0.25) is 0 Å². The van der Waals surface area contributed by atoms with Crippen LogP contribution in [0.4, 0.5) is 4.39 Å². The standard InChI is InChI=1S/C31H31FN2O4/c1-5-30(2)18-38-29-23(30)17-26(34-28(29)19-8-10-22(32)11-9-19)31(3,36)13-12-24(35)21-15-20-7-6-14-33-27(20)25(16-21)37-4/h6-11,14-17,36H,5,12-13,18H2,1-4H3/t30-,31-/m0/s1. The summed E-state index contributed by atoms with van der Waals surface area (Å²) in [6.45, 7) is 6.39. The summed E-state index contributed by atoms with van der Waals surface area (Å²) in [5.41, 5.74) is 2.23. The average Bonchev–Trinajstić information content (AvgIpc) is 3.28. The van der Waals surface area contributed by atoms with E-state index in [-0.39, 0.29) is 29.9 Å². The summed E-state index contributed by atoms with van der Waals surface area (Å²) < 4.78 is 25.2. The number of ketones is 1. The fourth-order valence-corrected chi connectivity index (χ4v) is 4.91. The summed E-state index contributed by atoms with van der Waals surface area (Å²) >= 11 is 0. The molecular formula is C31H31FN2O4. The quantitative estimate of drug-likeness (QED) is 0.275. The molecule has 0 saturated heterocycles. The first-order valence-corrected chi connectivity index (χ1v) is 12.8. The number of benzene rings is 2. The Morgan fingerprint density at radius 2 is 1.97 bits per heavy atom. The predicted octanol–water partition coefficient (Wildman–Crippen LogP) is 6.38. The smallest absolute Gasteiger partial charge is 0.163 e. The number of rotatable bonds is 8. The number of aliphatic hydroxyl groups is 1. The Kier molecular flexibility index (Phi) is 6.65. The van der Waals surface area contributed by atoms with Crippen LogP contribution in [-0.4, -0.2) is 34.6 Å². The Bertz CT molecular complexity index is 1520. The molecule has 196 valence electrons. The minimum Gasteiger partial charge on any atom is -0.494 e. The van der Waals surface area contributed by atoms with Gasteiger partial charge in [0, 0.05) is 40.1 Å². The molecule has 5 rings (SSSR count). The van der Waals surface area contributed by atoms with Gasteiger partial charge < -0.3 is 14.6 Å². The Morgan fingerprint density at radius 3 is 2.68 bits per heavy atom. The molecule has 1 N–H and O–H groups in total. The summed E-state index contributed by atoms with van der Waals surface area (Å²) in [4.78, 5) is 22.4. The molecule has 1 aliphatic heterocycles. The van der Waals surface area contributed by atoms with Gasteiger partial charge in [-0.3, -0.25) is 9.78 Å². The third-order valence-electron chi connectivity index (χ3n) is 7.66. The number of hydrogen-bond acceptors (Lipinski definition) is 6. The van der Waals surface area contributed by atoms with Crippen LogP contribution >= 0.6 is 0 Å². The Hall–Kier alpha value is -3.84. The summed E-state index contributed by atoms with van der Waals surface area (Å²) in [7, 11) is 1.55. The highest BCUT2D eigenvalue weighted by atomic mass is 19.1. The van der Waals surface area contributed by atoms with E-state index in [1.165, 1.54) is 12.1 Å². The molecule has 6 nitrogen and oxygen atoms in total. The van der Waals surface area contributed by atoms with E-state index in [0.29, 0.717) is 46.1 Å². The van der Waals surface area contributed by atoms with Crippen molar-refractivity contribution in [3.63, 3.8) is 0 Å². The van der Waals surface area contributed by atoms with E-state index in [9.17, 15) is 14.3 Å². The van der Waals surface area contributed by atoms with Crippen molar-refractivity contribution in [3.05, 3.63) is 83.4 Å². The largest absolute Gasteiger partial charge is 0.494 e. The predicted molar refractivity (Wildman–Crippen MR) is 144 cm³/mol. The highest BCUT2D eigenvalue weighted by Gasteiger charge is 2.39. The zero-order valence-corrected chi connectivity index (χ0v) is 22.0. The number of pyridine rings is 2. The van der Waals surface area contributed by atoms with E-state index >= 15 is 0 Å². The maximum atomic E-state index is 13.6. The number of halogens is 1. The van der Waals surface area contributed by atoms with Gasteiger partial charge in [0.05, 0.1) is 19.4 Å². The third kappa shape index (κ3) is 4.63. The Morgan fingerprint density at radius 1 is 1.21 bits per heavy atom. The molecule has 0 unspecified atom stereocenters. The number of nitrogens with zero attached hydrogens (tertiary/aromatic N) is 2. The van der Waals surface area contributed by atoms with Crippen LogP contribution < -0.4 is 9.47 Å². The van der Waals surface area contributed by atoms with Crippen LogP contribution in [0, 0.1) is 5.82 Å². The van der Waals surface area contributed by atoms with Crippen LogP contribution in [0.5, 0.6) is 11.5 Å². The van der Waals surface area contributed by atoms with Crippen LogP contribution in [0.2, 0.25) is 0 Å². The van der Waals surface area contributed by atoms with Crippen molar-refractivity contribution < 1.29 is 23.8 Å². The van der Waals surface area contributed by atoms with Gasteiger partial charge in [0.1, 0.15) is 34.1 Å². The molecule has 38 heavy (non-hydrogen) atoms. The van der Waals surface area contributed by atoms with Gasteiger partial charge in [-0.15, -0.1) is 0 Å². The highest BCUT2D eigenvalue weighted by Crippen LogP contribution is 2.47. The average molecular weight is 515 g/mol. The summed E-state index contributed by atoms with van der Waals surface area (Å²) in [6.07, 6.45) is 2.79. The second kappa shape index (κ2) is 9.80. The molecule has 0 fully saturated rings. The molecule has 7 heteroatoms. The number of ether oxygens (including phenoxy) is 2. The summed E-state index contributed by atoms with van der Waals surface area (Å²) in [5.74, 6) is 0.734. The topological polar surface area (TPSA) is 81.5 Å². The first-order valence-electron chi connectivity index (χ1n) is 12.8. The van der Waals surface area contributed by atoms with Crippen molar-refractivity contribution in [3.8, 4) is 22.8 Å². The van der Waals surface area contributed by atoms with Gasteiger partial charge >= 0.3 is 0 Å². The van der Waals surface area contributed by atoms with Crippen molar-refractivity contribution in [2.75, 3.05) is 13.7 Å². The van der Waals surface area contributed by atoms with E-state index < -0.39 is 5.60 Å². The lowest BCUT2D eigenvalue weighted by Crippen LogP contribution is -2.26. The van der Waals surface area contributed by atoms with Crippen molar-refractivity contribution in [1.82, 2.24) is 9.97 Å². The molecule has 2 aromatic heterocycles. The fraction of sp³-hybridized carbons (Fsp3) is 0.323. The molecule has 0 saturated carbocycles. The molecule has 1 aliphatic rings. The maximum Gasteiger partial charge on any atom is 0.163 e. The number of aromatic nitrogens is 2. The monoisotopic (exact) mass is 514 g/mol. The van der Waals surface area contributed by atoms with Crippen LogP contribution in [0.3, 0.4) is 0 Å². The van der Waals surface area contributed by atoms with Crippen molar-refractivity contribution in [2.24, 2.45) is 0 Å². The van der Waals surface area contributed by atoms with E-state index in [1.54, 1.807) is 44.5 Å². The SMILES string of the molecule is CC[C@@]1(C)COc2c1cc([C@@](C)(O)CCC(=O)c1cc(OC)c3ncccc3c1)nc2-c1ccc(F)cc1. The van der Waals surface area contributed by atoms with Gasteiger partial charge in [0.25, 0.3) is 0 Å². The molecule has 2 atom stereocenters. The van der Waals surface area contributed by atoms with Crippen LogP contribution in [0.15, 0.2) is 60.8 Å². The van der Waals surface area contributed by atoms with Crippen molar-refractivity contribution >= 4 is 16.7 Å². The highest BCUT2D eigenvalue weighted by molar-refractivity contribution is 6.01. The molecule has 3 heterocycles. The van der Waals surface area contributed by atoms with E-state index in [1.807, 2.05) is 18.2 Å². The number of Topliss-reactive ketones (excluding diaryl/α,β-unsaturated/α-hetero) is 1. The number of carbonyl (C=O) groups excluding carboxylic acids is 1. The van der Waals surface area contributed by atoms with Crippen LogP contribution in [0.25, 0.3) is 22.2 Å². The molecule has 0 aliphatic carbocycles. The first-order chi connectivity index (χ1) is 18.1. The van der Waals surface area contributed by atoms with Gasteiger partial charge in [0.15, 0.2) is 5.78 Å². The van der Waals surface area contributed by atoms with E-state index in [0.717, 1.165) is 17.4 Å². The molecule has 0 bridgehead atoms. The van der Waals surface area contributed by atoms with Crippen LogP contribution in [0.1, 0.15) is 61.6 Å². The fourth-order valence-electron chi connectivity index (χ4n) is 4.91. The van der Waals surface area contributed by atoms with Gasteiger partial charge in [-0.2, -0.15) is 0 Å². The summed E-state index contributed by atoms with van der Waals surface area (Å²) in [6, 6.07) is 15.2. The van der Waals surface area contributed by atoms with Crippen molar-refractivity contribution in [2.45, 2.75) is 51.0 Å². The number of fused-ring (bicyclic) bond motifs is 2. The number of methoxy groups -OCH3 is 1. The normalized spacial score (nSPS) is 18.1. The van der Waals surface area contributed by atoms with Crippen molar-refractivity contribution in [1.29, 1.82) is 0 Å². The lowest BCUT2D eigenvalue weighted by molar-refractivity contribution is 0.0396. The minimum absolute atomic E-state index is 0.105. The third-order valence-corrected chi connectivity index (χ3v) is 7.66.